The highest BCUT2D eigenvalue weighted by Gasteiger charge is 2.14. The molecule has 0 aliphatic heterocycles. The maximum atomic E-state index is 13.0. The van der Waals surface area contributed by atoms with Crippen molar-refractivity contribution < 1.29 is 14.3 Å². The van der Waals surface area contributed by atoms with Crippen LogP contribution in [0.5, 0.6) is 5.75 Å². The number of carbonyl (C=O) groups is 1. The van der Waals surface area contributed by atoms with Crippen molar-refractivity contribution in [3.8, 4) is 5.75 Å². The zero-order chi connectivity index (χ0) is 10.7. The van der Waals surface area contributed by atoms with Crippen LogP contribution in [0.25, 0.3) is 0 Å². The first-order chi connectivity index (χ1) is 6.56. The molecule has 1 atom stereocenters. The number of carbonyl (C=O) groups excluding carboxylic acids is 1. The van der Waals surface area contributed by atoms with Crippen molar-refractivity contribution >= 4 is 17.9 Å². The van der Waals surface area contributed by atoms with Crippen LogP contribution in [0.1, 0.15) is 24.8 Å². The molecule has 0 heterocycles. The molecule has 1 unspecified atom stereocenters. The van der Waals surface area contributed by atoms with Crippen LogP contribution in [0.15, 0.2) is 12.1 Å². The summed E-state index contributed by atoms with van der Waals surface area (Å²) in [5.41, 5.74) is 0.363. The zero-order valence-electron chi connectivity index (χ0n) is 7.63. The summed E-state index contributed by atoms with van der Waals surface area (Å²) in [4.78, 5) is 10.3. The van der Waals surface area contributed by atoms with E-state index in [0.29, 0.717) is 5.56 Å². The lowest BCUT2D eigenvalue weighted by molar-refractivity contribution is -0.108. The predicted molar refractivity (Wildman–Crippen MR) is 52.2 cm³/mol. The smallest absolute Gasteiger partial charge is 0.166 e. The number of hydrogen-bond donors (Lipinski definition) is 1. The first kappa shape index (κ1) is 11.0. The molecule has 1 aromatic rings. The van der Waals surface area contributed by atoms with Gasteiger partial charge in [-0.3, -0.25) is 0 Å². The van der Waals surface area contributed by atoms with Gasteiger partial charge in [-0.05, 0) is 18.1 Å². The Bertz CT molecular complexity index is 352. The van der Waals surface area contributed by atoms with Crippen LogP contribution in [0.4, 0.5) is 4.39 Å². The molecule has 0 fully saturated rings. The number of aldehydes is 1. The van der Waals surface area contributed by atoms with Crippen LogP contribution in [-0.2, 0) is 4.79 Å². The average Bonchev–Trinajstić information content (AvgIpc) is 2.11. The minimum absolute atomic E-state index is 0.216. The Morgan fingerprint density at radius 2 is 2.29 bits per heavy atom. The van der Waals surface area contributed by atoms with Crippen LogP contribution < -0.4 is 0 Å². The van der Waals surface area contributed by atoms with Crippen molar-refractivity contribution in [2.24, 2.45) is 0 Å². The molecule has 76 valence electrons. The van der Waals surface area contributed by atoms with Gasteiger partial charge >= 0.3 is 0 Å². The molecule has 1 aromatic carbocycles. The number of halogens is 2. The monoisotopic (exact) mass is 216 g/mol. The molecule has 0 amide bonds. The minimum atomic E-state index is -0.759. The van der Waals surface area contributed by atoms with E-state index in [4.69, 9.17) is 11.6 Å². The lowest BCUT2D eigenvalue weighted by Crippen LogP contribution is -1.96. The van der Waals surface area contributed by atoms with E-state index >= 15 is 0 Å². The Labute approximate surface area is 86.3 Å². The average molecular weight is 217 g/mol. The molecule has 0 bridgehead atoms. The molecule has 0 saturated carbocycles. The number of benzene rings is 1. The van der Waals surface area contributed by atoms with E-state index in [1.54, 1.807) is 6.92 Å². The molecule has 14 heavy (non-hydrogen) atoms. The van der Waals surface area contributed by atoms with E-state index < -0.39 is 11.6 Å². The zero-order valence-corrected chi connectivity index (χ0v) is 8.38. The summed E-state index contributed by atoms with van der Waals surface area (Å²) in [5, 5.41) is 9.59. The molecule has 0 radical (unpaired) electrons. The minimum Gasteiger partial charge on any atom is -0.505 e. The van der Waals surface area contributed by atoms with Gasteiger partial charge in [0.25, 0.3) is 0 Å². The maximum absolute atomic E-state index is 13.0. The Morgan fingerprint density at radius 3 is 2.86 bits per heavy atom. The van der Waals surface area contributed by atoms with E-state index in [9.17, 15) is 14.3 Å². The molecule has 0 aromatic heterocycles. The molecule has 1 N–H and O–H groups in total. The molecule has 0 aliphatic carbocycles. The van der Waals surface area contributed by atoms with Gasteiger partial charge in [0.1, 0.15) is 6.29 Å². The van der Waals surface area contributed by atoms with E-state index in [1.165, 1.54) is 6.07 Å². The third-order valence-corrected chi connectivity index (χ3v) is 2.26. The Hall–Kier alpha value is -1.09. The molecule has 0 spiro atoms. The number of rotatable bonds is 3. The second-order valence-corrected chi connectivity index (χ2v) is 3.57. The third kappa shape index (κ3) is 2.23. The van der Waals surface area contributed by atoms with Gasteiger partial charge in [-0.1, -0.05) is 18.5 Å². The van der Waals surface area contributed by atoms with Crippen LogP contribution in [-0.4, -0.2) is 11.4 Å². The summed E-state index contributed by atoms with van der Waals surface area (Å²) in [6.07, 6.45) is 0.955. The summed E-state index contributed by atoms with van der Waals surface area (Å²) in [7, 11) is 0. The first-order valence-electron chi connectivity index (χ1n) is 4.17. The number of phenolic OH excluding ortho intramolecular Hbond substituents is 1. The lowest BCUT2D eigenvalue weighted by atomic mass is 9.97. The van der Waals surface area contributed by atoms with Crippen molar-refractivity contribution in [2.45, 2.75) is 19.3 Å². The third-order valence-electron chi connectivity index (χ3n) is 2.04. The molecule has 1 rings (SSSR count). The molecular weight excluding hydrogens is 207 g/mol. The van der Waals surface area contributed by atoms with Gasteiger partial charge in [0, 0.05) is 17.0 Å². The van der Waals surface area contributed by atoms with Crippen LogP contribution in [0, 0.1) is 5.82 Å². The van der Waals surface area contributed by atoms with Crippen molar-refractivity contribution in [3.05, 3.63) is 28.5 Å². The van der Waals surface area contributed by atoms with E-state index in [2.05, 4.69) is 0 Å². The van der Waals surface area contributed by atoms with Crippen molar-refractivity contribution in [3.63, 3.8) is 0 Å². The highest BCUT2D eigenvalue weighted by molar-refractivity contribution is 6.30. The highest BCUT2D eigenvalue weighted by Crippen LogP contribution is 2.32. The number of phenols is 1. The summed E-state index contributed by atoms with van der Waals surface area (Å²) in [6.45, 7) is 1.72. The van der Waals surface area contributed by atoms with E-state index in [1.807, 2.05) is 0 Å². The highest BCUT2D eigenvalue weighted by atomic mass is 35.5. The molecule has 0 aliphatic rings. The van der Waals surface area contributed by atoms with Crippen molar-refractivity contribution in [2.75, 3.05) is 0 Å². The Kier molecular flexibility index (Phi) is 3.47. The van der Waals surface area contributed by atoms with Gasteiger partial charge < -0.3 is 9.90 Å². The summed E-state index contributed by atoms with van der Waals surface area (Å²) >= 11 is 5.63. The second-order valence-electron chi connectivity index (χ2n) is 3.13. The van der Waals surface area contributed by atoms with Crippen LogP contribution in [0.2, 0.25) is 5.02 Å². The molecule has 2 nitrogen and oxygen atoms in total. The Balaban J connectivity index is 3.12. The predicted octanol–water partition coefficient (Wildman–Crippen LogP) is 2.88. The fourth-order valence-corrected chi connectivity index (χ4v) is 1.45. The maximum Gasteiger partial charge on any atom is 0.166 e. The molecule has 0 saturated heterocycles. The van der Waals surface area contributed by atoms with Gasteiger partial charge in [-0.25, -0.2) is 4.39 Å². The summed E-state index contributed by atoms with van der Waals surface area (Å²) in [6, 6.07) is 2.50. The fourth-order valence-electron chi connectivity index (χ4n) is 1.23. The number of aromatic hydroxyl groups is 1. The van der Waals surface area contributed by atoms with Gasteiger partial charge in [0.05, 0.1) is 0 Å². The van der Waals surface area contributed by atoms with Crippen LogP contribution >= 0.6 is 11.6 Å². The lowest BCUT2D eigenvalue weighted by Gasteiger charge is -2.11. The summed E-state index contributed by atoms with van der Waals surface area (Å²) < 4.78 is 13.0. The van der Waals surface area contributed by atoms with Gasteiger partial charge in [0.2, 0.25) is 0 Å². The molecular formula is C10H10ClFO2. The van der Waals surface area contributed by atoms with Crippen molar-refractivity contribution in [1.82, 2.24) is 0 Å². The van der Waals surface area contributed by atoms with E-state index in [-0.39, 0.29) is 17.4 Å². The SMILES string of the molecule is CC(CC=O)c1cc(Cl)cc(F)c1O. The van der Waals surface area contributed by atoms with Crippen molar-refractivity contribution in [1.29, 1.82) is 0 Å². The standard InChI is InChI=1S/C10H10ClFO2/c1-6(2-3-13)8-4-7(11)5-9(12)10(8)14/h3-6,14H,2H2,1H3. The normalized spacial score (nSPS) is 12.5. The second kappa shape index (κ2) is 4.42. The quantitative estimate of drug-likeness (QED) is 0.789. The molecule has 4 heteroatoms. The van der Waals surface area contributed by atoms with Gasteiger partial charge in [0.15, 0.2) is 11.6 Å². The van der Waals surface area contributed by atoms with Gasteiger partial charge in [-0.15, -0.1) is 0 Å². The van der Waals surface area contributed by atoms with E-state index in [0.717, 1.165) is 12.4 Å². The van der Waals surface area contributed by atoms with Gasteiger partial charge in [-0.2, -0.15) is 0 Å². The topological polar surface area (TPSA) is 37.3 Å². The largest absolute Gasteiger partial charge is 0.505 e. The number of hydrogen-bond acceptors (Lipinski definition) is 2. The Morgan fingerprint density at radius 1 is 1.64 bits per heavy atom. The summed E-state index contributed by atoms with van der Waals surface area (Å²) in [5.74, 6) is -1.42. The fraction of sp³-hybridized carbons (Fsp3) is 0.300. The first-order valence-corrected chi connectivity index (χ1v) is 4.55. The van der Waals surface area contributed by atoms with Crippen LogP contribution in [0.3, 0.4) is 0 Å².